The molecule has 0 radical (unpaired) electrons. The maximum Gasteiger partial charge on any atom is 2.00 e. The first-order chi connectivity index (χ1) is 18.0. The van der Waals surface area contributed by atoms with Crippen LogP contribution in [0.15, 0.2) is 79.1 Å². The summed E-state index contributed by atoms with van der Waals surface area (Å²) in [5.74, 6) is 2.04. The quantitative estimate of drug-likeness (QED) is 0.175. The van der Waals surface area contributed by atoms with Crippen molar-refractivity contribution in [3.05, 3.63) is 103 Å². The molecule has 0 atom stereocenters. The molecule has 0 aliphatic carbocycles. The Labute approximate surface area is 246 Å². The molecule has 5 nitrogen and oxygen atoms in total. The van der Waals surface area contributed by atoms with Crippen molar-refractivity contribution in [2.24, 2.45) is 7.05 Å². The van der Waals surface area contributed by atoms with Crippen molar-refractivity contribution in [1.82, 2.24) is 19.3 Å². The van der Waals surface area contributed by atoms with E-state index in [4.69, 9.17) is 9.84 Å². The van der Waals surface area contributed by atoms with Gasteiger partial charge in [-0.25, -0.2) is 0 Å². The molecule has 0 aliphatic heterocycles. The molecular weight excluding hydrogens is 663 g/mol. The van der Waals surface area contributed by atoms with Crippen LogP contribution in [0.1, 0.15) is 52.9 Å². The van der Waals surface area contributed by atoms with E-state index in [2.05, 4.69) is 89.0 Å². The van der Waals surface area contributed by atoms with Crippen LogP contribution in [0.2, 0.25) is 0 Å². The molecule has 0 saturated carbocycles. The monoisotopic (exact) mass is 697 g/mol. The predicted octanol–water partition coefficient (Wildman–Crippen LogP) is 7.92. The maximum absolute atomic E-state index is 6.24. The van der Waals surface area contributed by atoms with E-state index < -0.39 is 0 Å². The van der Waals surface area contributed by atoms with Crippen LogP contribution in [0.4, 0.5) is 0 Å². The van der Waals surface area contributed by atoms with Gasteiger partial charge in [-0.3, -0.25) is 9.67 Å². The maximum atomic E-state index is 6.24. The molecule has 0 N–H and O–H groups in total. The zero-order valence-corrected chi connectivity index (χ0v) is 25.8. The predicted molar refractivity (Wildman–Crippen MR) is 153 cm³/mol. The van der Waals surface area contributed by atoms with Gasteiger partial charge in [0.05, 0.1) is 17.2 Å². The number of hydrogen-bond donors (Lipinski definition) is 0. The second-order valence-corrected chi connectivity index (χ2v) is 11.6. The van der Waals surface area contributed by atoms with E-state index in [9.17, 15) is 0 Å². The number of aromatic nitrogens is 4. The molecule has 202 valence electrons. The Bertz CT molecular complexity index is 1570. The third-order valence-corrected chi connectivity index (χ3v) is 6.40. The summed E-state index contributed by atoms with van der Waals surface area (Å²) in [5, 5.41) is 5.21. The number of nitrogens with zero attached hydrogens (tertiary/aromatic N) is 4. The molecule has 5 aromatic rings. The molecule has 0 fully saturated rings. The second-order valence-electron chi connectivity index (χ2n) is 11.6. The third kappa shape index (κ3) is 5.94. The van der Waals surface area contributed by atoms with E-state index in [-0.39, 0.29) is 31.9 Å². The minimum Gasteiger partial charge on any atom is -0.503 e. The van der Waals surface area contributed by atoms with Crippen LogP contribution < -0.4 is 4.74 Å². The molecule has 2 heterocycles. The standard InChI is InChI=1S/C33H34N4O.Pt/c1-32(2,3)29-28(23-13-9-8-10-14-23)30(33(4,5)6)37(35-29)25-16-12-18-27(22-25)38-26-17-11-15-24(21-26)31-34-19-20-36(31)7;/h8-20H,1-7H3;/q-2;+2. The number of benzene rings is 3. The summed E-state index contributed by atoms with van der Waals surface area (Å²) < 4.78 is 10.3. The summed E-state index contributed by atoms with van der Waals surface area (Å²) in [4.78, 5) is 4.43. The van der Waals surface area contributed by atoms with Gasteiger partial charge in [-0.15, -0.1) is 42.0 Å². The average molecular weight is 698 g/mol. The molecule has 0 amide bonds. The van der Waals surface area contributed by atoms with Crippen LogP contribution in [0.5, 0.6) is 11.5 Å². The Balaban J connectivity index is 0.00000353. The van der Waals surface area contributed by atoms with Gasteiger partial charge in [-0.1, -0.05) is 77.9 Å². The van der Waals surface area contributed by atoms with Crippen molar-refractivity contribution in [2.45, 2.75) is 52.4 Å². The minimum absolute atomic E-state index is 0. The molecule has 0 saturated heterocycles. The Kier molecular flexibility index (Phi) is 8.04. The van der Waals surface area contributed by atoms with E-state index in [1.54, 1.807) is 6.20 Å². The Morgan fingerprint density at radius 2 is 1.44 bits per heavy atom. The van der Waals surface area contributed by atoms with Crippen LogP contribution in [0.3, 0.4) is 0 Å². The van der Waals surface area contributed by atoms with E-state index >= 15 is 0 Å². The summed E-state index contributed by atoms with van der Waals surface area (Å²) in [5.41, 5.74) is 5.94. The molecular formula is C33H34N4OPt. The van der Waals surface area contributed by atoms with Crippen LogP contribution in [0.25, 0.3) is 28.2 Å². The first kappa shape index (κ1) is 28.6. The topological polar surface area (TPSA) is 44.9 Å². The van der Waals surface area contributed by atoms with Gasteiger partial charge in [0.2, 0.25) is 0 Å². The largest absolute Gasteiger partial charge is 2.00 e. The normalized spacial score (nSPS) is 11.8. The molecule has 0 aliphatic rings. The van der Waals surface area contributed by atoms with E-state index in [1.807, 2.05) is 58.9 Å². The fourth-order valence-electron chi connectivity index (χ4n) is 4.69. The minimum atomic E-state index is -0.170. The van der Waals surface area contributed by atoms with Gasteiger partial charge in [-0.2, -0.15) is 11.2 Å². The van der Waals surface area contributed by atoms with Crippen LogP contribution in [-0.4, -0.2) is 19.3 Å². The second kappa shape index (κ2) is 11.0. The third-order valence-electron chi connectivity index (χ3n) is 6.40. The molecule has 5 rings (SSSR count). The summed E-state index contributed by atoms with van der Waals surface area (Å²) >= 11 is 0. The zero-order valence-electron chi connectivity index (χ0n) is 23.5. The molecule has 2 aromatic heterocycles. The van der Waals surface area contributed by atoms with Crippen molar-refractivity contribution in [1.29, 1.82) is 0 Å². The van der Waals surface area contributed by atoms with Gasteiger partial charge in [0.25, 0.3) is 0 Å². The number of imidazole rings is 1. The molecule has 0 unspecified atom stereocenters. The molecule has 6 heteroatoms. The van der Waals surface area contributed by atoms with Crippen LogP contribution in [0, 0.1) is 12.1 Å². The van der Waals surface area contributed by atoms with Crippen molar-refractivity contribution in [3.8, 4) is 39.7 Å². The molecule has 3 aromatic carbocycles. The van der Waals surface area contributed by atoms with E-state index in [1.165, 1.54) is 11.1 Å². The first-order valence-electron chi connectivity index (χ1n) is 12.9. The summed E-state index contributed by atoms with van der Waals surface area (Å²) in [7, 11) is 1.97. The van der Waals surface area contributed by atoms with Crippen molar-refractivity contribution >= 4 is 0 Å². The Morgan fingerprint density at radius 1 is 0.769 bits per heavy atom. The molecule has 0 spiro atoms. The van der Waals surface area contributed by atoms with Crippen molar-refractivity contribution < 1.29 is 25.8 Å². The summed E-state index contributed by atoms with van der Waals surface area (Å²) in [6.07, 6.45) is 3.70. The van der Waals surface area contributed by atoms with Gasteiger partial charge >= 0.3 is 21.1 Å². The van der Waals surface area contributed by atoms with Crippen molar-refractivity contribution in [3.63, 3.8) is 0 Å². The van der Waals surface area contributed by atoms with E-state index in [0.29, 0.717) is 11.5 Å². The smallest absolute Gasteiger partial charge is 0.503 e. The van der Waals surface area contributed by atoms with E-state index in [0.717, 1.165) is 28.5 Å². The number of hydrogen-bond acceptors (Lipinski definition) is 3. The van der Waals surface area contributed by atoms with Crippen LogP contribution in [-0.2, 0) is 38.9 Å². The van der Waals surface area contributed by atoms with Gasteiger partial charge < -0.3 is 9.30 Å². The van der Waals surface area contributed by atoms with Gasteiger partial charge in [0.15, 0.2) is 0 Å². The fraction of sp³-hybridized carbons (Fsp3) is 0.273. The molecule has 0 bridgehead atoms. The zero-order chi connectivity index (χ0) is 27.1. The van der Waals surface area contributed by atoms with Gasteiger partial charge in [-0.05, 0) is 11.3 Å². The number of rotatable bonds is 5. The van der Waals surface area contributed by atoms with Crippen molar-refractivity contribution in [2.75, 3.05) is 0 Å². The average Bonchev–Trinajstić information content (AvgIpc) is 3.49. The SMILES string of the molecule is Cn1ccnc1-c1[c-]c(Oc2[c-]c(-n3nc(C(C)(C)C)c(-c4ccccc4)c3C(C)(C)C)ccc2)ccc1.[Pt+2]. The Hall–Kier alpha value is -3.43. The number of ether oxygens (including phenoxy) is 1. The van der Waals surface area contributed by atoms with Gasteiger partial charge in [0, 0.05) is 47.3 Å². The first-order valence-corrected chi connectivity index (χ1v) is 12.9. The summed E-state index contributed by atoms with van der Waals surface area (Å²) in [6.45, 7) is 13.3. The molecule has 39 heavy (non-hydrogen) atoms. The van der Waals surface area contributed by atoms with Crippen LogP contribution >= 0.6 is 0 Å². The van der Waals surface area contributed by atoms with Gasteiger partial charge in [0.1, 0.15) is 0 Å². The Morgan fingerprint density at radius 3 is 2.05 bits per heavy atom. The number of aryl methyl sites for hydroxylation is 1. The fourth-order valence-corrected chi connectivity index (χ4v) is 4.69. The summed E-state index contributed by atoms with van der Waals surface area (Å²) in [6, 6.07) is 29.1.